The number of aryl methyl sites for hydroxylation is 1. The molecule has 2 aromatic heterocycles. The van der Waals surface area contributed by atoms with Gasteiger partial charge in [0.1, 0.15) is 5.76 Å². The maximum absolute atomic E-state index is 13.0. The molecular weight excluding hydrogens is 382 g/mol. The van der Waals surface area contributed by atoms with Crippen LogP contribution in [0.4, 0.5) is 0 Å². The number of esters is 1. The Bertz CT molecular complexity index is 972. The van der Waals surface area contributed by atoms with E-state index in [-0.39, 0.29) is 18.4 Å². The number of carbonyl (C=O) groups is 2. The molecule has 4 fully saturated rings. The van der Waals surface area contributed by atoms with Crippen molar-refractivity contribution in [1.82, 2.24) is 4.57 Å². The maximum atomic E-state index is 13.0. The summed E-state index contributed by atoms with van der Waals surface area (Å²) < 4.78 is 13.0. The molecule has 6 heteroatoms. The summed E-state index contributed by atoms with van der Waals surface area (Å²) in [6.07, 6.45) is 6.41. The molecule has 30 heavy (non-hydrogen) atoms. The molecule has 2 heterocycles. The Morgan fingerprint density at radius 2 is 1.97 bits per heavy atom. The van der Waals surface area contributed by atoms with Crippen molar-refractivity contribution in [2.24, 2.45) is 17.3 Å². The molecule has 0 aliphatic heterocycles. The van der Waals surface area contributed by atoms with E-state index >= 15 is 0 Å². The first-order chi connectivity index (χ1) is 14.3. The van der Waals surface area contributed by atoms with Gasteiger partial charge in [-0.2, -0.15) is 0 Å². The van der Waals surface area contributed by atoms with Gasteiger partial charge in [0.05, 0.1) is 23.8 Å². The van der Waals surface area contributed by atoms with E-state index < -0.39 is 11.0 Å². The number of hydrogen-bond donors (Lipinski definition) is 1. The first-order valence-corrected chi connectivity index (χ1v) is 10.9. The third kappa shape index (κ3) is 3.22. The summed E-state index contributed by atoms with van der Waals surface area (Å²) >= 11 is 0. The molecule has 0 unspecified atom stereocenters. The van der Waals surface area contributed by atoms with E-state index in [1.165, 1.54) is 0 Å². The monoisotopic (exact) mass is 411 g/mol. The van der Waals surface area contributed by atoms with Crippen LogP contribution in [-0.2, 0) is 16.1 Å². The van der Waals surface area contributed by atoms with E-state index in [0.29, 0.717) is 30.4 Å². The number of aliphatic hydroxyl groups is 1. The van der Waals surface area contributed by atoms with Crippen LogP contribution in [0.1, 0.15) is 66.0 Å². The molecule has 2 aromatic rings. The van der Waals surface area contributed by atoms with Crippen molar-refractivity contribution in [1.29, 1.82) is 0 Å². The molecule has 0 saturated heterocycles. The van der Waals surface area contributed by atoms with Crippen LogP contribution in [0.2, 0.25) is 0 Å². The minimum atomic E-state index is -0.718. The Morgan fingerprint density at radius 1 is 1.23 bits per heavy atom. The number of aromatic nitrogens is 1. The molecular formula is C24H29NO5. The lowest BCUT2D eigenvalue weighted by Crippen LogP contribution is -2.58. The summed E-state index contributed by atoms with van der Waals surface area (Å²) in [4.78, 5) is 25.9. The number of hydrogen-bond acceptors (Lipinski definition) is 5. The quantitative estimate of drug-likeness (QED) is 0.578. The summed E-state index contributed by atoms with van der Waals surface area (Å²) in [5.74, 6) is 1.14. The summed E-state index contributed by atoms with van der Waals surface area (Å²) in [5, 5.41) is 10.9. The van der Waals surface area contributed by atoms with Gasteiger partial charge in [0.2, 0.25) is 5.78 Å². The molecule has 0 aromatic carbocycles. The summed E-state index contributed by atoms with van der Waals surface area (Å²) in [6.45, 7) is 4.16. The Morgan fingerprint density at radius 3 is 2.60 bits per heavy atom. The highest BCUT2D eigenvalue weighted by atomic mass is 16.5. The lowest BCUT2D eigenvalue weighted by molar-refractivity contribution is -0.195. The van der Waals surface area contributed by atoms with Gasteiger partial charge >= 0.3 is 5.97 Å². The largest absolute Gasteiger partial charge is 0.467 e. The number of furan rings is 1. The number of ketones is 1. The molecule has 2 atom stereocenters. The normalized spacial score (nSPS) is 31.8. The first-order valence-electron chi connectivity index (χ1n) is 10.9. The minimum Gasteiger partial charge on any atom is -0.467 e. The second-order valence-corrected chi connectivity index (χ2v) is 9.92. The Kier molecular flexibility index (Phi) is 4.47. The standard InChI is InChI=1S/C24H29NO5/c1-15-6-20(16(2)25(15)12-19-4-3-5-29-19)21(26)13-30-22(27)23-8-17-7-18(9-23)11-24(28,10-17)14-23/h3-6,17-18,28H,7-14H2,1-2H3/t17-,18-,23?,24?/m1/s1. The number of rotatable bonds is 6. The third-order valence-corrected chi connectivity index (χ3v) is 7.57. The van der Waals surface area contributed by atoms with Crippen molar-refractivity contribution in [3.8, 4) is 0 Å². The van der Waals surface area contributed by atoms with Gasteiger partial charge in [0.15, 0.2) is 6.61 Å². The highest BCUT2D eigenvalue weighted by Crippen LogP contribution is 2.61. The number of carbonyl (C=O) groups excluding carboxylic acids is 2. The Balaban J connectivity index is 1.27. The topological polar surface area (TPSA) is 81.7 Å². The fourth-order valence-electron chi connectivity index (χ4n) is 6.70. The lowest BCUT2D eigenvalue weighted by atomic mass is 9.48. The molecule has 4 aliphatic carbocycles. The smallest absolute Gasteiger partial charge is 0.312 e. The molecule has 4 aliphatic rings. The van der Waals surface area contributed by atoms with Crippen LogP contribution in [0.25, 0.3) is 0 Å². The number of Topliss-reactive ketones (excluding diaryl/α,β-unsaturated/α-hetero) is 1. The Labute approximate surface area is 176 Å². The van der Waals surface area contributed by atoms with Gasteiger partial charge in [-0.25, -0.2) is 0 Å². The van der Waals surface area contributed by atoms with Gasteiger partial charge in [-0.1, -0.05) is 0 Å². The summed E-state index contributed by atoms with van der Waals surface area (Å²) in [7, 11) is 0. The van der Waals surface area contributed by atoms with Gasteiger partial charge in [0, 0.05) is 17.0 Å². The maximum Gasteiger partial charge on any atom is 0.312 e. The van der Waals surface area contributed by atoms with E-state index in [1.807, 2.05) is 36.6 Å². The second-order valence-electron chi connectivity index (χ2n) is 9.92. The zero-order valence-corrected chi connectivity index (χ0v) is 17.6. The van der Waals surface area contributed by atoms with E-state index in [4.69, 9.17) is 9.15 Å². The molecule has 0 spiro atoms. The average molecular weight is 411 g/mol. The molecule has 4 saturated carbocycles. The van der Waals surface area contributed by atoms with Crippen LogP contribution in [0.3, 0.4) is 0 Å². The first kappa shape index (κ1) is 19.6. The van der Waals surface area contributed by atoms with Gasteiger partial charge < -0.3 is 18.8 Å². The minimum absolute atomic E-state index is 0.189. The lowest BCUT2D eigenvalue weighted by Gasteiger charge is -2.58. The van der Waals surface area contributed by atoms with Crippen molar-refractivity contribution in [3.05, 3.63) is 47.2 Å². The molecule has 6 nitrogen and oxygen atoms in total. The van der Waals surface area contributed by atoms with Crippen LogP contribution in [0.15, 0.2) is 28.9 Å². The summed E-state index contributed by atoms with van der Waals surface area (Å²) in [6, 6.07) is 5.60. The van der Waals surface area contributed by atoms with Crippen molar-refractivity contribution < 1.29 is 23.8 Å². The van der Waals surface area contributed by atoms with Crippen LogP contribution in [0, 0.1) is 31.1 Å². The molecule has 1 N–H and O–H groups in total. The van der Waals surface area contributed by atoms with E-state index in [2.05, 4.69) is 0 Å². The fourth-order valence-corrected chi connectivity index (χ4v) is 6.70. The molecule has 160 valence electrons. The van der Waals surface area contributed by atoms with Crippen molar-refractivity contribution in [3.63, 3.8) is 0 Å². The third-order valence-electron chi connectivity index (χ3n) is 7.57. The molecule has 0 radical (unpaired) electrons. The number of nitrogens with zero attached hydrogens (tertiary/aromatic N) is 1. The molecule has 4 bridgehead atoms. The van der Waals surface area contributed by atoms with Crippen LogP contribution >= 0.6 is 0 Å². The van der Waals surface area contributed by atoms with Crippen LogP contribution in [0.5, 0.6) is 0 Å². The van der Waals surface area contributed by atoms with Gasteiger partial charge in [-0.15, -0.1) is 0 Å². The van der Waals surface area contributed by atoms with Crippen molar-refractivity contribution in [2.45, 2.75) is 64.5 Å². The SMILES string of the molecule is Cc1cc(C(=O)COC(=O)C23C[C@H]4C[C@@H](CC(O)(C4)C2)C3)c(C)n1Cc1ccco1. The van der Waals surface area contributed by atoms with Gasteiger partial charge in [-0.05, 0) is 82.4 Å². The van der Waals surface area contributed by atoms with Gasteiger partial charge in [-0.3, -0.25) is 9.59 Å². The van der Waals surface area contributed by atoms with Crippen LogP contribution < -0.4 is 0 Å². The second kappa shape index (κ2) is 6.84. The number of ether oxygens (including phenoxy) is 1. The predicted molar refractivity (Wildman–Crippen MR) is 109 cm³/mol. The highest BCUT2D eigenvalue weighted by molar-refractivity contribution is 5.99. The fraction of sp³-hybridized carbons (Fsp3) is 0.583. The van der Waals surface area contributed by atoms with Gasteiger partial charge in [0.25, 0.3) is 0 Å². The Hall–Kier alpha value is -2.34. The summed E-state index contributed by atoms with van der Waals surface area (Å²) in [5.41, 5.74) is 1.06. The average Bonchev–Trinajstić information content (AvgIpc) is 3.27. The molecule has 6 rings (SSSR count). The van der Waals surface area contributed by atoms with E-state index in [0.717, 1.165) is 49.3 Å². The van der Waals surface area contributed by atoms with E-state index in [1.54, 1.807) is 6.26 Å². The van der Waals surface area contributed by atoms with E-state index in [9.17, 15) is 14.7 Å². The zero-order valence-electron chi connectivity index (χ0n) is 17.6. The van der Waals surface area contributed by atoms with Crippen LogP contribution in [-0.4, -0.2) is 33.6 Å². The molecule has 0 amide bonds. The van der Waals surface area contributed by atoms with Crippen molar-refractivity contribution in [2.75, 3.05) is 6.61 Å². The van der Waals surface area contributed by atoms with Crippen molar-refractivity contribution >= 4 is 11.8 Å². The zero-order chi connectivity index (χ0) is 21.1. The predicted octanol–water partition coefficient (Wildman–Crippen LogP) is 3.80. The highest BCUT2D eigenvalue weighted by Gasteiger charge is 2.60.